The Morgan fingerprint density at radius 2 is 2.31 bits per heavy atom. The summed E-state index contributed by atoms with van der Waals surface area (Å²) < 4.78 is 4.61. The van der Waals surface area contributed by atoms with Gasteiger partial charge in [-0.05, 0) is 24.6 Å². The molecule has 0 fully saturated rings. The third kappa shape index (κ3) is 2.74. The maximum Gasteiger partial charge on any atom is 0.326 e. The number of hydrogen-bond donors (Lipinski definition) is 0. The molecule has 84 valence electrons. The molecule has 16 heavy (non-hydrogen) atoms. The molecular weight excluding hydrogens is 226 g/mol. The Morgan fingerprint density at radius 3 is 2.81 bits per heavy atom. The maximum atomic E-state index is 11.5. The number of nitriles is 1. The molecule has 0 saturated heterocycles. The summed E-state index contributed by atoms with van der Waals surface area (Å²) in [6.07, 6.45) is 0.288. The van der Waals surface area contributed by atoms with E-state index in [2.05, 4.69) is 4.74 Å². The molecule has 0 bridgehead atoms. The number of hydrogen-bond acceptors (Lipinski definition) is 3. The molecule has 0 spiro atoms. The minimum atomic E-state index is -1.17. The summed E-state index contributed by atoms with van der Waals surface area (Å²) in [6, 6.07) is 9.07. The van der Waals surface area contributed by atoms with E-state index in [1.807, 2.05) is 12.1 Å². The molecule has 0 radical (unpaired) electrons. The van der Waals surface area contributed by atoms with Crippen molar-refractivity contribution in [3.05, 3.63) is 34.9 Å². The van der Waals surface area contributed by atoms with Crippen LogP contribution < -0.4 is 0 Å². The van der Waals surface area contributed by atoms with Gasteiger partial charge in [0.1, 0.15) is 0 Å². The fourth-order valence-electron chi connectivity index (χ4n) is 1.44. The summed E-state index contributed by atoms with van der Waals surface area (Å²) in [4.78, 5) is 11.5. The van der Waals surface area contributed by atoms with Gasteiger partial charge < -0.3 is 4.74 Å². The first kappa shape index (κ1) is 12.5. The minimum Gasteiger partial charge on any atom is -0.468 e. The molecule has 0 saturated carbocycles. The molecule has 4 heteroatoms. The second-order valence-electron chi connectivity index (χ2n) is 3.74. The SMILES string of the molecule is COC(=O)C(C)(C#N)Cc1cccc(Cl)c1. The summed E-state index contributed by atoms with van der Waals surface area (Å²) in [5.74, 6) is -0.532. The highest BCUT2D eigenvalue weighted by Crippen LogP contribution is 2.24. The first-order valence-corrected chi connectivity index (χ1v) is 5.14. The van der Waals surface area contributed by atoms with Crippen molar-refractivity contribution in [3.8, 4) is 6.07 Å². The second kappa shape index (κ2) is 5.00. The lowest BCUT2D eigenvalue weighted by Crippen LogP contribution is -2.29. The van der Waals surface area contributed by atoms with Gasteiger partial charge in [0.05, 0.1) is 13.2 Å². The molecule has 0 heterocycles. The first-order valence-electron chi connectivity index (χ1n) is 4.76. The second-order valence-corrected chi connectivity index (χ2v) is 4.18. The van der Waals surface area contributed by atoms with Crippen molar-refractivity contribution in [2.75, 3.05) is 7.11 Å². The summed E-state index contributed by atoms with van der Waals surface area (Å²) in [5.41, 5.74) is -0.332. The molecule has 1 atom stereocenters. The maximum absolute atomic E-state index is 11.5. The predicted octanol–water partition coefficient (Wildman–Crippen LogP) is 2.59. The van der Waals surface area contributed by atoms with E-state index < -0.39 is 11.4 Å². The van der Waals surface area contributed by atoms with Gasteiger partial charge in [-0.25, -0.2) is 0 Å². The van der Waals surface area contributed by atoms with E-state index in [0.717, 1.165) is 5.56 Å². The average molecular weight is 238 g/mol. The molecule has 0 N–H and O–H groups in total. The molecule has 0 aliphatic rings. The van der Waals surface area contributed by atoms with Crippen molar-refractivity contribution < 1.29 is 9.53 Å². The molecule has 3 nitrogen and oxygen atoms in total. The van der Waals surface area contributed by atoms with Crippen LogP contribution in [0.15, 0.2) is 24.3 Å². The monoisotopic (exact) mass is 237 g/mol. The number of rotatable bonds is 3. The zero-order chi connectivity index (χ0) is 12.2. The highest BCUT2D eigenvalue weighted by Gasteiger charge is 2.34. The number of halogens is 1. The van der Waals surface area contributed by atoms with E-state index in [0.29, 0.717) is 5.02 Å². The Labute approximate surface area is 99.6 Å². The van der Waals surface area contributed by atoms with Crippen molar-refractivity contribution in [2.45, 2.75) is 13.3 Å². The summed E-state index contributed by atoms with van der Waals surface area (Å²) in [7, 11) is 1.27. The Morgan fingerprint density at radius 1 is 1.62 bits per heavy atom. The normalized spacial score (nSPS) is 13.6. The fraction of sp³-hybridized carbons (Fsp3) is 0.333. The number of ether oxygens (including phenoxy) is 1. The van der Waals surface area contributed by atoms with E-state index >= 15 is 0 Å². The van der Waals surface area contributed by atoms with Crippen LogP contribution in [0, 0.1) is 16.7 Å². The Kier molecular flexibility index (Phi) is 3.92. The number of carbonyl (C=O) groups is 1. The molecule has 1 rings (SSSR count). The number of carbonyl (C=O) groups excluding carboxylic acids is 1. The molecule has 1 aromatic carbocycles. The van der Waals surface area contributed by atoms with Crippen LogP contribution in [0.2, 0.25) is 5.02 Å². The van der Waals surface area contributed by atoms with E-state index in [1.165, 1.54) is 7.11 Å². The quantitative estimate of drug-likeness (QED) is 0.760. The standard InChI is InChI=1S/C12H12ClNO2/c1-12(8-14,11(15)16-2)7-9-4-3-5-10(13)6-9/h3-6H,7H2,1-2H3. The van der Waals surface area contributed by atoms with Gasteiger partial charge in [-0.2, -0.15) is 5.26 Å². The molecular formula is C12H12ClNO2. The molecule has 0 amide bonds. The van der Waals surface area contributed by atoms with Crippen LogP contribution in [0.5, 0.6) is 0 Å². The van der Waals surface area contributed by atoms with Crippen LogP contribution in [0.1, 0.15) is 12.5 Å². The van der Waals surface area contributed by atoms with Crippen molar-refractivity contribution in [3.63, 3.8) is 0 Å². The van der Waals surface area contributed by atoms with Crippen molar-refractivity contribution in [1.29, 1.82) is 5.26 Å². The van der Waals surface area contributed by atoms with Crippen LogP contribution in [-0.2, 0) is 16.0 Å². The summed E-state index contributed by atoms with van der Waals surface area (Å²) in [6.45, 7) is 1.56. The number of nitrogens with zero attached hydrogens (tertiary/aromatic N) is 1. The molecule has 0 aliphatic heterocycles. The van der Waals surface area contributed by atoms with Gasteiger partial charge >= 0.3 is 5.97 Å². The predicted molar refractivity (Wildman–Crippen MR) is 60.9 cm³/mol. The summed E-state index contributed by atoms with van der Waals surface area (Å²) >= 11 is 5.83. The van der Waals surface area contributed by atoms with Gasteiger partial charge in [0.2, 0.25) is 0 Å². The van der Waals surface area contributed by atoms with Crippen molar-refractivity contribution >= 4 is 17.6 Å². The van der Waals surface area contributed by atoms with Crippen molar-refractivity contribution in [2.24, 2.45) is 5.41 Å². The topological polar surface area (TPSA) is 50.1 Å². The lowest BCUT2D eigenvalue weighted by Gasteiger charge is -2.18. The molecule has 0 aromatic heterocycles. The van der Waals surface area contributed by atoms with Crippen LogP contribution in [0.4, 0.5) is 0 Å². The Balaban J connectivity index is 2.95. The Hall–Kier alpha value is -1.53. The largest absolute Gasteiger partial charge is 0.468 e. The molecule has 0 aliphatic carbocycles. The van der Waals surface area contributed by atoms with E-state index in [4.69, 9.17) is 16.9 Å². The van der Waals surface area contributed by atoms with Crippen LogP contribution in [-0.4, -0.2) is 13.1 Å². The van der Waals surface area contributed by atoms with Gasteiger partial charge in [0.15, 0.2) is 5.41 Å². The zero-order valence-electron chi connectivity index (χ0n) is 9.16. The van der Waals surface area contributed by atoms with Crippen LogP contribution in [0.25, 0.3) is 0 Å². The lowest BCUT2D eigenvalue weighted by atomic mass is 9.85. The zero-order valence-corrected chi connectivity index (χ0v) is 9.91. The van der Waals surface area contributed by atoms with E-state index in [9.17, 15) is 4.79 Å². The fourth-order valence-corrected chi connectivity index (χ4v) is 1.65. The van der Waals surface area contributed by atoms with Gasteiger partial charge in [-0.1, -0.05) is 23.7 Å². The average Bonchev–Trinajstić information content (AvgIpc) is 2.27. The highest BCUT2D eigenvalue weighted by molar-refractivity contribution is 6.30. The minimum absolute atomic E-state index is 0.288. The Bertz CT molecular complexity index is 439. The van der Waals surface area contributed by atoms with Gasteiger partial charge in [-0.3, -0.25) is 4.79 Å². The smallest absolute Gasteiger partial charge is 0.326 e. The third-order valence-electron chi connectivity index (χ3n) is 2.33. The van der Waals surface area contributed by atoms with Crippen molar-refractivity contribution in [1.82, 2.24) is 0 Å². The molecule has 1 unspecified atom stereocenters. The van der Waals surface area contributed by atoms with Crippen LogP contribution in [0.3, 0.4) is 0 Å². The van der Waals surface area contributed by atoms with Gasteiger partial charge in [0, 0.05) is 11.4 Å². The van der Waals surface area contributed by atoms with Gasteiger partial charge in [0.25, 0.3) is 0 Å². The number of methoxy groups -OCH3 is 1. The van der Waals surface area contributed by atoms with Crippen LogP contribution >= 0.6 is 11.6 Å². The lowest BCUT2D eigenvalue weighted by molar-refractivity contribution is -0.148. The number of esters is 1. The van der Waals surface area contributed by atoms with Gasteiger partial charge in [-0.15, -0.1) is 0 Å². The summed E-state index contributed by atoms with van der Waals surface area (Å²) in [5, 5.41) is 9.62. The van der Waals surface area contributed by atoms with E-state index in [1.54, 1.807) is 25.1 Å². The first-order chi connectivity index (χ1) is 7.51. The highest BCUT2D eigenvalue weighted by atomic mass is 35.5. The molecule has 1 aromatic rings. The number of benzene rings is 1. The third-order valence-corrected chi connectivity index (χ3v) is 2.56. The van der Waals surface area contributed by atoms with E-state index in [-0.39, 0.29) is 6.42 Å².